The molecule has 1 heterocycles. The summed E-state index contributed by atoms with van der Waals surface area (Å²) in [5.41, 5.74) is 7.95. The van der Waals surface area contributed by atoms with Gasteiger partial charge >= 0.3 is 0 Å². The molecule has 106 valence electrons. The van der Waals surface area contributed by atoms with E-state index in [0.29, 0.717) is 28.4 Å². The van der Waals surface area contributed by atoms with Crippen LogP contribution in [0.5, 0.6) is 5.75 Å². The van der Waals surface area contributed by atoms with Crippen LogP contribution in [0.15, 0.2) is 36.7 Å². The number of ether oxygens (including phenoxy) is 1. The molecule has 20 heavy (non-hydrogen) atoms. The Morgan fingerprint density at radius 1 is 1.35 bits per heavy atom. The fraction of sp³-hybridized carbons (Fsp3) is 0.267. The number of aromatic nitrogens is 1. The van der Waals surface area contributed by atoms with E-state index < -0.39 is 6.10 Å². The number of halogens is 1. The second kappa shape index (κ2) is 6.59. The molecule has 1 atom stereocenters. The van der Waals surface area contributed by atoms with E-state index in [9.17, 15) is 5.11 Å². The van der Waals surface area contributed by atoms with E-state index in [1.165, 1.54) is 0 Å². The van der Waals surface area contributed by atoms with Gasteiger partial charge in [-0.15, -0.1) is 0 Å². The van der Waals surface area contributed by atoms with Crippen molar-refractivity contribution < 1.29 is 9.84 Å². The standard InChI is InChI=1S/C15H17ClN2O2/c1-20-15-9-13(17)12(16)8-11(15)14(19)3-2-10-4-6-18-7-5-10/h4-9,14,19H,2-3,17H2,1H3. The molecule has 2 rings (SSSR count). The van der Waals surface area contributed by atoms with Crippen molar-refractivity contribution in [2.24, 2.45) is 0 Å². The van der Waals surface area contributed by atoms with E-state index in [4.69, 9.17) is 22.1 Å². The molecule has 0 aliphatic heterocycles. The Morgan fingerprint density at radius 2 is 2.05 bits per heavy atom. The number of aliphatic hydroxyl groups excluding tert-OH is 1. The predicted molar refractivity (Wildman–Crippen MR) is 79.9 cm³/mol. The van der Waals surface area contributed by atoms with Crippen molar-refractivity contribution in [2.45, 2.75) is 18.9 Å². The molecular weight excluding hydrogens is 276 g/mol. The lowest BCUT2D eigenvalue weighted by atomic mass is 10.0. The molecule has 1 unspecified atom stereocenters. The van der Waals surface area contributed by atoms with Crippen molar-refractivity contribution in [1.29, 1.82) is 0 Å². The molecule has 0 aliphatic carbocycles. The van der Waals surface area contributed by atoms with E-state index in [2.05, 4.69) is 4.98 Å². The van der Waals surface area contributed by atoms with Gasteiger partial charge in [0, 0.05) is 24.0 Å². The van der Waals surface area contributed by atoms with Crippen LogP contribution in [0.3, 0.4) is 0 Å². The van der Waals surface area contributed by atoms with Gasteiger partial charge in [0.2, 0.25) is 0 Å². The van der Waals surface area contributed by atoms with E-state index in [1.807, 2.05) is 12.1 Å². The summed E-state index contributed by atoms with van der Waals surface area (Å²) in [6.45, 7) is 0. The Morgan fingerprint density at radius 3 is 2.70 bits per heavy atom. The number of aryl methyl sites for hydroxylation is 1. The van der Waals surface area contributed by atoms with Gasteiger partial charge in [0.15, 0.2) is 0 Å². The first-order valence-corrected chi connectivity index (χ1v) is 6.69. The highest BCUT2D eigenvalue weighted by Crippen LogP contribution is 2.34. The molecule has 3 N–H and O–H groups in total. The zero-order valence-electron chi connectivity index (χ0n) is 11.2. The second-order valence-electron chi connectivity index (χ2n) is 4.53. The average Bonchev–Trinajstić information content (AvgIpc) is 2.48. The van der Waals surface area contributed by atoms with Gasteiger partial charge in [0.1, 0.15) is 5.75 Å². The van der Waals surface area contributed by atoms with Gasteiger partial charge in [-0.1, -0.05) is 11.6 Å². The molecule has 0 fully saturated rings. The summed E-state index contributed by atoms with van der Waals surface area (Å²) in [5.74, 6) is 0.550. The number of nitrogens with zero attached hydrogens (tertiary/aromatic N) is 1. The van der Waals surface area contributed by atoms with Crippen molar-refractivity contribution in [3.63, 3.8) is 0 Å². The molecule has 0 saturated heterocycles. The largest absolute Gasteiger partial charge is 0.496 e. The van der Waals surface area contributed by atoms with Crippen LogP contribution in [-0.4, -0.2) is 17.2 Å². The first kappa shape index (κ1) is 14.6. The molecule has 0 amide bonds. The third-order valence-electron chi connectivity index (χ3n) is 3.16. The highest BCUT2D eigenvalue weighted by molar-refractivity contribution is 6.33. The number of pyridine rings is 1. The zero-order chi connectivity index (χ0) is 14.5. The number of nitrogen functional groups attached to an aromatic ring is 1. The molecule has 0 radical (unpaired) electrons. The minimum atomic E-state index is -0.656. The number of hydrogen-bond donors (Lipinski definition) is 2. The van der Waals surface area contributed by atoms with Crippen molar-refractivity contribution in [1.82, 2.24) is 4.98 Å². The third-order valence-corrected chi connectivity index (χ3v) is 3.49. The van der Waals surface area contributed by atoms with Crippen molar-refractivity contribution in [3.05, 3.63) is 52.8 Å². The molecule has 0 saturated carbocycles. The lowest BCUT2D eigenvalue weighted by Crippen LogP contribution is -2.04. The SMILES string of the molecule is COc1cc(N)c(Cl)cc1C(O)CCc1ccncc1. The van der Waals surface area contributed by atoms with Crippen molar-refractivity contribution >= 4 is 17.3 Å². The summed E-state index contributed by atoms with van der Waals surface area (Å²) >= 11 is 6.00. The van der Waals surface area contributed by atoms with Gasteiger partial charge in [-0.3, -0.25) is 4.98 Å². The Labute approximate surface area is 123 Å². The minimum absolute atomic E-state index is 0.420. The Bertz CT molecular complexity index is 576. The molecule has 1 aromatic carbocycles. The summed E-state index contributed by atoms with van der Waals surface area (Å²) in [4.78, 5) is 3.97. The normalized spacial score (nSPS) is 12.2. The number of nitrogens with two attached hydrogens (primary N) is 1. The van der Waals surface area contributed by atoms with Crippen LogP contribution in [0.25, 0.3) is 0 Å². The lowest BCUT2D eigenvalue weighted by Gasteiger charge is -2.16. The van der Waals surface area contributed by atoms with Crippen molar-refractivity contribution in [2.75, 3.05) is 12.8 Å². The maximum absolute atomic E-state index is 10.3. The molecule has 0 spiro atoms. The summed E-state index contributed by atoms with van der Waals surface area (Å²) in [6, 6.07) is 7.15. The fourth-order valence-corrected chi connectivity index (χ4v) is 2.20. The maximum atomic E-state index is 10.3. The van der Waals surface area contributed by atoms with Crippen LogP contribution in [0.4, 0.5) is 5.69 Å². The number of hydrogen-bond acceptors (Lipinski definition) is 4. The number of rotatable bonds is 5. The number of benzene rings is 1. The van der Waals surface area contributed by atoms with Gasteiger partial charge in [-0.05, 0) is 36.6 Å². The van der Waals surface area contributed by atoms with Crippen LogP contribution in [0, 0.1) is 0 Å². The minimum Gasteiger partial charge on any atom is -0.496 e. The molecule has 1 aromatic heterocycles. The van der Waals surface area contributed by atoms with Crippen LogP contribution in [0.2, 0.25) is 5.02 Å². The third kappa shape index (κ3) is 3.40. The van der Waals surface area contributed by atoms with E-state index in [1.54, 1.807) is 31.6 Å². The van der Waals surface area contributed by atoms with Crippen LogP contribution in [-0.2, 0) is 6.42 Å². The van der Waals surface area contributed by atoms with Gasteiger partial charge in [0.25, 0.3) is 0 Å². The smallest absolute Gasteiger partial charge is 0.126 e. The first-order chi connectivity index (χ1) is 9.61. The topological polar surface area (TPSA) is 68.4 Å². The first-order valence-electron chi connectivity index (χ1n) is 6.31. The Balaban J connectivity index is 2.12. The summed E-state index contributed by atoms with van der Waals surface area (Å²) in [7, 11) is 1.54. The zero-order valence-corrected chi connectivity index (χ0v) is 12.0. The van der Waals surface area contributed by atoms with Crippen LogP contribution >= 0.6 is 11.6 Å². The van der Waals surface area contributed by atoms with Crippen molar-refractivity contribution in [3.8, 4) is 5.75 Å². The highest BCUT2D eigenvalue weighted by Gasteiger charge is 2.15. The Kier molecular flexibility index (Phi) is 4.82. The maximum Gasteiger partial charge on any atom is 0.126 e. The second-order valence-corrected chi connectivity index (χ2v) is 4.93. The van der Waals surface area contributed by atoms with Gasteiger partial charge in [0.05, 0.1) is 23.9 Å². The monoisotopic (exact) mass is 292 g/mol. The Hall–Kier alpha value is -1.78. The van der Waals surface area contributed by atoms with Gasteiger partial charge in [-0.2, -0.15) is 0 Å². The average molecular weight is 293 g/mol. The van der Waals surface area contributed by atoms with E-state index >= 15 is 0 Å². The molecule has 0 aliphatic rings. The van der Waals surface area contributed by atoms with Gasteiger partial charge in [-0.25, -0.2) is 0 Å². The summed E-state index contributed by atoms with van der Waals surface area (Å²) < 4.78 is 5.25. The fourth-order valence-electron chi connectivity index (χ4n) is 2.03. The molecular formula is C15H17ClN2O2. The molecule has 4 nitrogen and oxygen atoms in total. The van der Waals surface area contributed by atoms with Crippen LogP contribution in [0.1, 0.15) is 23.7 Å². The predicted octanol–water partition coefficient (Wildman–Crippen LogP) is 2.99. The summed E-state index contributed by atoms with van der Waals surface area (Å²) in [5, 5.41) is 10.7. The summed E-state index contributed by atoms with van der Waals surface area (Å²) in [6.07, 6.45) is 4.14. The quantitative estimate of drug-likeness (QED) is 0.831. The molecule has 2 aromatic rings. The van der Waals surface area contributed by atoms with Crippen LogP contribution < -0.4 is 10.5 Å². The highest BCUT2D eigenvalue weighted by atomic mass is 35.5. The number of anilines is 1. The molecule has 0 bridgehead atoms. The number of methoxy groups -OCH3 is 1. The van der Waals surface area contributed by atoms with E-state index in [-0.39, 0.29) is 0 Å². The lowest BCUT2D eigenvalue weighted by molar-refractivity contribution is 0.163. The van der Waals surface area contributed by atoms with E-state index in [0.717, 1.165) is 12.0 Å². The molecule has 5 heteroatoms. The number of aliphatic hydroxyl groups is 1. The van der Waals surface area contributed by atoms with Gasteiger partial charge < -0.3 is 15.6 Å².